The number of ether oxygens (including phenoxy) is 3. The van der Waals surface area contributed by atoms with E-state index in [-0.39, 0.29) is 24.0 Å². The van der Waals surface area contributed by atoms with Crippen molar-refractivity contribution in [2.75, 3.05) is 27.9 Å². The molecule has 0 saturated heterocycles. The molecule has 0 bridgehead atoms. The number of hydrogen-bond donors (Lipinski definition) is 2. The van der Waals surface area contributed by atoms with E-state index in [1.54, 1.807) is 33.2 Å². The molecule has 35 heavy (non-hydrogen) atoms. The Morgan fingerprint density at radius 2 is 1.63 bits per heavy atom. The second kappa shape index (κ2) is 10.9. The number of amides is 3. The highest BCUT2D eigenvalue weighted by Gasteiger charge is 2.34. The lowest BCUT2D eigenvalue weighted by atomic mass is 9.87. The van der Waals surface area contributed by atoms with Crippen LogP contribution in [-0.4, -0.2) is 56.8 Å². The highest BCUT2D eigenvalue weighted by Crippen LogP contribution is 2.41. The third-order valence-corrected chi connectivity index (χ3v) is 7.00. The van der Waals surface area contributed by atoms with Gasteiger partial charge in [0.2, 0.25) is 5.91 Å². The van der Waals surface area contributed by atoms with Crippen LogP contribution in [0.1, 0.15) is 55.3 Å². The molecule has 188 valence electrons. The second-order valence-electron chi connectivity index (χ2n) is 9.19. The summed E-state index contributed by atoms with van der Waals surface area (Å²) >= 11 is 0. The first-order valence-corrected chi connectivity index (χ1v) is 12.2. The molecule has 3 amide bonds. The zero-order valence-corrected chi connectivity index (χ0v) is 20.9. The predicted octanol–water partition coefficient (Wildman–Crippen LogP) is 3.82. The number of nitrogens with one attached hydrogen (secondary N) is 2. The number of hydrogen-bond acceptors (Lipinski definition) is 5. The van der Waals surface area contributed by atoms with Crippen molar-refractivity contribution in [3.8, 4) is 17.2 Å². The van der Waals surface area contributed by atoms with Gasteiger partial charge >= 0.3 is 6.03 Å². The zero-order valence-electron chi connectivity index (χ0n) is 20.9. The first-order chi connectivity index (χ1) is 16.9. The Kier molecular flexibility index (Phi) is 7.68. The first kappa shape index (κ1) is 24.7. The molecule has 2 unspecified atom stereocenters. The summed E-state index contributed by atoms with van der Waals surface area (Å²) in [7, 11) is 4.84. The maximum Gasteiger partial charge on any atom is 0.318 e. The molecule has 1 saturated carbocycles. The van der Waals surface area contributed by atoms with Crippen LogP contribution in [0.15, 0.2) is 36.4 Å². The summed E-state index contributed by atoms with van der Waals surface area (Å²) in [6.07, 6.45) is 4.94. The summed E-state index contributed by atoms with van der Waals surface area (Å²) in [6.45, 7) is 2.23. The Morgan fingerprint density at radius 3 is 2.26 bits per heavy atom. The van der Waals surface area contributed by atoms with Crippen LogP contribution in [0.3, 0.4) is 0 Å². The molecule has 2 atom stereocenters. The summed E-state index contributed by atoms with van der Waals surface area (Å²) in [4.78, 5) is 28.0. The Morgan fingerprint density at radius 1 is 0.971 bits per heavy atom. The minimum Gasteiger partial charge on any atom is -0.497 e. The molecule has 2 aromatic carbocycles. The zero-order chi connectivity index (χ0) is 24.9. The first-order valence-electron chi connectivity index (χ1n) is 12.2. The van der Waals surface area contributed by atoms with E-state index in [0.717, 1.165) is 48.1 Å². The van der Waals surface area contributed by atoms with Gasteiger partial charge in [0, 0.05) is 12.6 Å². The van der Waals surface area contributed by atoms with Gasteiger partial charge in [-0.15, -0.1) is 0 Å². The molecule has 1 aliphatic carbocycles. The smallest absolute Gasteiger partial charge is 0.318 e. The van der Waals surface area contributed by atoms with Crippen molar-refractivity contribution in [3.05, 3.63) is 53.1 Å². The minimum atomic E-state index is -0.633. The fraction of sp³-hybridized carbons (Fsp3) is 0.481. The Labute approximate surface area is 206 Å². The number of fused-ring (bicyclic) bond motifs is 1. The standard InChI is InChI=1S/C27H35N3O5/c1-17(26(31)29-20-7-5-6-8-20)28-27(32)30-14-13-19-15-23(34-3)24(35-4)16-22(19)25(30)18-9-11-21(33-2)12-10-18/h9-12,15-17,20,25H,5-8,13-14H2,1-4H3,(H,28,32)(H,29,31). The Balaban J connectivity index is 1.62. The summed E-state index contributed by atoms with van der Waals surface area (Å²) in [5.41, 5.74) is 3.01. The van der Waals surface area contributed by atoms with Gasteiger partial charge in [0.1, 0.15) is 11.8 Å². The molecule has 0 aromatic heterocycles. The van der Waals surface area contributed by atoms with Gasteiger partial charge in [-0.3, -0.25) is 4.79 Å². The average Bonchev–Trinajstić information content (AvgIpc) is 3.40. The molecule has 0 radical (unpaired) electrons. The van der Waals surface area contributed by atoms with Crippen molar-refractivity contribution in [2.24, 2.45) is 0 Å². The van der Waals surface area contributed by atoms with Gasteiger partial charge in [-0.1, -0.05) is 25.0 Å². The van der Waals surface area contributed by atoms with Gasteiger partial charge < -0.3 is 29.7 Å². The van der Waals surface area contributed by atoms with Crippen molar-refractivity contribution < 1.29 is 23.8 Å². The SMILES string of the molecule is COc1ccc(C2c3cc(OC)c(OC)cc3CCN2C(=O)NC(C)C(=O)NC2CCCC2)cc1. The van der Waals surface area contributed by atoms with Gasteiger partial charge in [-0.05, 0) is 67.1 Å². The highest BCUT2D eigenvalue weighted by molar-refractivity contribution is 5.87. The van der Waals surface area contributed by atoms with Crippen LogP contribution in [0.2, 0.25) is 0 Å². The largest absolute Gasteiger partial charge is 0.497 e. The topological polar surface area (TPSA) is 89.1 Å². The summed E-state index contributed by atoms with van der Waals surface area (Å²) in [5.74, 6) is 1.87. The van der Waals surface area contributed by atoms with E-state index >= 15 is 0 Å². The van der Waals surface area contributed by atoms with Crippen LogP contribution < -0.4 is 24.8 Å². The van der Waals surface area contributed by atoms with Crippen LogP contribution in [0.25, 0.3) is 0 Å². The number of carbonyl (C=O) groups is 2. The number of rotatable bonds is 7. The lowest BCUT2D eigenvalue weighted by molar-refractivity contribution is -0.123. The van der Waals surface area contributed by atoms with Crippen LogP contribution in [0.5, 0.6) is 17.2 Å². The molecule has 0 spiro atoms. The molecule has 2 aromatic rings. The van der Waals surface area contributed by atoms with Crippen molar-refractivity contribution in [1.82, 2.24) is 15.5 Å². The lowest BCUT2D eigenvalue weighted by Gasteiger charge is -2.38. The monoisotopic (exact) mass is 481 g/mol. The molecule has 1 fully saturated rings. The van der Waals surface area contributed by atoms with Gasteiger partial charge in [0.25, 0.3) is 0 Å². The molecule has 2 aliphatic rings. The average molecular weight is 482 g/mol. The van der Waals surface area contributed by atoms with Crippen molar-refractivity contribution >= 4 is 11.9 Å². The van der Waals surface area contributed by atoms with E-state index in [2.05, 4.69) is 10.6 Å². The summed E-state index contributed by atoms with van der Waals surface area (Å²) in [6, 6.07) is 10.6. The predicted molar refractivity (Wildman–Crippen MR) is 133 cm³/mol. The molecule has 8 heteroatoms. The van der Waals surface area contributed by atoms with E-state index in [1.165, 1.54) is 0 Å². The normalized spacial score (nSPS) is 18.4. The Hall–Kier alpha value is -3.42. The summed E-state index contributed by atoms with van der Waals surface area (Å²) in [5, 5.41) is 5.99. The van der Waals surface area contributed by atoms with Crippen molar-refractivity contribution in [2.45, 2.75) is 57.2 Å². The Bertz CT molecular complexity index is 1050. The highest BCUT2D eigenvalue weighted by atomic mass is 16.5. The van der Waals surface area contributed by atoms with Crippen LogP contribution >= 0.6 is 0 Å². The minimum absolute atomic E-state index is 0.143. The fourth-order valence-corrected chi connectivity index (χ4v) is 5.04. The number of nitrogens with zero attached hydrogens (tertiary/aromatic N) is 1. The van der Waals surface area contributed by atoms with Crippen LogP contribution in [0.4, 0.5) is 4.79 Å². The molecular weight excluding hydrogens is 446 g/mol. The van der Waals surface area contributed by atoms with E-state index in [0.29, 0.717) is 24.5 Å². The van der Waals surface area contributed by atoms with E-state index in [4.69, 9.17) is 14.2 Å². The molecule has 1 heterocycles. The maximum atomic E-state index is 13.5. The van der Waals surface area contributed by atoms with Gasteiger partial charge in [0.05, 0.1) is 27.4 Å². The quantitative estimate of drug-likeness (QED) is 0.628. The third-order valence-electron chi connectivity index (χ3n) is 7.00. The molecule has 1 aliphatic heterocycles. The molecule has 4 rings (SSSR count). The summed E-state index contributed by atoms with van der Waals surface area (Å²) < 4.78 is 16.4. The third kappa shape index (κ3) is 5.31. The van der Waals surface area contributed by atoms with E-state index in [1.807, 2.05) is 36.4 Å². The molecular formula is C27H35N3O5. The number of urea groups is 1. The number of benzene rings is 2. The molecule has 8 nitrogen and oxygen atoms in total. The number of methoxy groups -OCH3 is 3. The van der Waals surface area contributed by atoms with E-state index < -0.39 is 6.04 Å². The van der Waals surface area contributed by atoms with Gasteiger partial charge in [-0.2, -0.15) is 0 Å². The van der Waals surface area contributed by atoms with Crippen molar-refractivity contribution in [1.29, 1.82) is 0 Å². The van der Waals surface area contributed by atoms with Crippen LogP contribution in [-0.2, 0) is 11.2 Å². The van der Waals surface area contributed by atoms with Gasteiger partial charge in [0.15, 0.2) is 11.5 Å². The maximum absolute atomic E-state index is 13.5. The second-order valence-corrected chi connectivity index (χ2v) is 9.19. The van der Waals surface area contributed by atoms with Crippen molar-refractivity contribution in [3.63, 3.8) is 0 Å². The van der Waals surface area contributed by atoms with Crippen LogP contribution in [0, 0.1) is 0 Å². The van der Waals surface area contributed by atoms with Gasteiger partial charge in [-0.25, -0.2) is 4.79 Å². The van der Waals surface area contributed by atoms with E-state index in [9.17, 15) is 9.59 Å². The lowest BCUT2D eigenvalue weighted by Crippen LogP contribution is -2.53. The number of carbonyl (C=O) groups excluding carboxylic acids is 2. The fourth-order valence-electron chi connectivity index (χ4n) is 5.04. The molecule has 2 N–H and O–H groups in total.